The van der Waals surface area contributed by atoms with Gasteiger partial charge in [-0.05, 0) is 6.42 Å². The quantitative estimate of drug-likeness (QED) is 0.177. The van der Waals surface area contributed by atoms with Gasteiger partial charge in [0.1, 0.15) is 11.5 Å². The molecule has 0 radical (unpaired) electrons. The number of anilines is 1. The van der Waals surface area contributed by atoms with Gasteiger partial charge in [0.15, 0.2) is 5.96 Å². The molecule has 152 valence electrons. The standard InChI is InChI=1S/C19H30N4O2S.HI/c1-5-9-26-10-7-21-19(20-2)22-15-6-8-23(14-15)16-11-17(24-3)13-18(12-16)25-4;/h5,11-13,15H,1,6-10,14H2,2-4H3,(H2,20,21,22);1H. The molecule has 0 amide bonds. The minimum atomic E-state index is 0. The van der Waals surface area contributed by atoms with Crippen molar-refractivity contribution in [3.05, 3.63) is 30.9 Å². The molecule has 0 aromatic heterocycles. The summed E-state index contributed by atoms with van der Waals surface area (Å²) < 4.78 is 10.8. The molecule has 1 unspecified atom stereocenters. The van der Waals surface area contributed by atoms with Crippen molar-refractivity contribution in [1.29, 1.82) is 0 Å². The van der Waals surface area contributed by atoms with Gasteiger partial charge in [-0.3, -0.25) is 4.99 Å². The molecule has 1 aliphatic heterocycles. The second-order valence-electron chi connectivity index (χ2n) is 6.01. The molecule has 0 aliphatic carbocycles. The second kappa shape index (κ2) is 13.0. The number of hydrogen-bond donors (Lipinski definition) is 2. The molecular weight excluding hydrogens is 475 g/mol. The third-order valence-corrected chi connectivity index (χ3v) is 5.19. The van der Waals surface area contributed by atoms with Gasteiger partial charge in [-0.2, -0.15) is 11.8 Å². The predicted octanol–water partition coefficient (Wildman–Crippen LogP) is 2.98. The fourth-order valence-electron chi connectivity index (χ4n) is 2.88. The van der Waals surface area contributed by atoms with Crippen molar-refractivity contribution >= 4 is 47.4 Å². The lowest BCUT2D eigenvalue weighted by atomic mass is 10.2. The van der Waals surface area contributed by atoms with E-state index in [1.165, 1.54) is 0 Å². The molecule has 0 saturated carbocycles. The molecule has 0 spiro atoms. The molecule has 1 aromatic carbocycles. The Balaban J connectivity index is 0.00000364. The molecule has 1 fully saturated rings. The van der Waals surface area contributed by atoms with E-state index in [1.54, 1.807) is 14.2 Å². The first-order valence-corrected chi connectivity index (χ1v) is 9.99. The van der Waals surface area contributed by atoms with Crippen LogP contribution >= 0.6 is 35.7 Å². The molecule has 6 nitrogen and oxygen atoms in total. The van der Waals surface area contributed by atoms with Gasteiger partial charge in [-0.15, -0.1) is 30.6 Å². The highest BCUT2D eigenvalue weighted by Gasteiger charge is 2.24. The highest BCUT2D eigenvalue weighted by Crippen LogP contribution is 2.30. The summed E-state index contributed by atoms with van der Waals surface area (Å²) in [6, 6.07) is 6.36. The summed E-state index contributed by atoms with van der Waals surface area (Å²) >= 11 is 1.86. The smallest absolute Gasteiger partial charge is 0.191 e. The third-order valence-electron chi connectivity index (χ3n) is 4.23. The summed E-state index contributed by atoms with van der Waals surface area (Å²) in [6.07, 6.45) is 2.99. The summed E-state index contributed by atoms with van der Waals surface area (Å²) in [4.78, 5) is 6.67. The van der Waals surface area contributed by atoms with Crippen LogP contribution in [0, 0.1) is 0 Å². The molecule has 1 atom stereocenters. The number of ether oxygens (including phenoxy) is 2. The van der Waals surface area contributed by atoms with Gasteiger partial charge >= 0.3 is 0 Å². The van der Waals surface area contributed by atoms with Crippen LogP contribution in [0.2, 0.25) is 0 Å². The van der Waals surface area contributed by atoms with E-state index in [9.17, 15) is 0 Å². The molecule has 1 heterocycles. The number of methoxy groups -OCH3 is 2. The topological polar surface area (TPSA) is 58.1 Å². The van der Waals surface area contributed by atoms with E-state index in [0.717, 1.165) is 60.7 Å². The Morgan fingerprint density at radius 3 is 2.63 bits per heavy atom. The molecule has 27 heavy (non-hydrogen) atoms. The first kappa shape index (κ1) is 23.7. The van der Waals surface area contributed by atoms with Crippen LogP contribution in [-0.2, 0) is 0 Å². The number of halogens is 1. The Hall–Kier alpha value is -1.29. The zero-order chi connectivity index (χ0) is 18.8. The van der Waals surface area contributed by atoms with E-state index in [-0.39, 0.29) is 24.0 Å². The average Bonchev–Trinajstić information content (AvgIpc) is 3.15. The minimum absolute atomic E-state index is 0. The molecule has 2 rings (SSSR count). The Labute approximate surface area is 184 Å². The van der Waals surface area contributed by atoms with E-state index < -0.39 is 0 Å². The zero-order valence-electron chi connectivity index (χ0n) is 16.4. The Bertz CT molecular complexity index is 593. The Morgan fingerprint density at radius 1 is 1.33 bits per heavy atom. The van der Waals surface area contributed by atoms with Crippen LogP contribution < -0.4 is 25.0 Å². The molecule has 0 bridgehead atoms. The normalized spacial score (nSPS) is 16.5. The van der Waals surface area contributed by atoms with Crippen LogP contribution in [0.15, 0.2) is 35.8 Å². The number of nitrogens with zero attached hydrogens (tertiary/aromatic N) is 2. The minimum Gasteiger partial charge on any atom is -0.497 e. The van der Waals surface area contributed by atoms with E-state index in [2.05, 4.69) is 39.2 Å². The first-order valence-electron chi connectivity index (χ1n) is 8.84. The maximum absolute atomic E-state index is 5.38. The maximum atomic E-state index is 5.38. The van der Waals surface area contributed by atoms with Crippen LogP contribution in [0.25, 0.3) is 0 Å². The van der Waals surface area contributed by atoms with Gasteiger partial charge in [0.25, 0.3) is 0 Å². The van der Waals surface area contributed by atoms with Gasteiger partial charge in [0, 0.05) is 68.1 Å². The maximum Gasteiger partial charge on any atom is 0.191 e. The van der Waals surface area contributed by atoms with Crippen LogP contribution in [0.4, 0.5) is 5.69 Å². The lowest BCUT2D eigenvalue weighted by Crippen LogP contribution is -2.45. The molecule has 8 heteroatoms. The number of rotatable bonds is 9. The van der Waals surface area contributed by atoms with Gasteiger partial charge in [-0.25, -0.2) is 0 Å². The Kier molecular flexibility index (Phi) is 11.4. The molecule has 1 saturated heterocycles. The SMILES string of the molecule is C=CCSCCNC(=NC)NC1CCN(c2cc(OC)cc(OC)c2)C1.I. The van der Waals surface area contributed by atoms with Gasteiger partial charge in [-0.1, -0.05) is 6.08 Å². The monoisotopic (exact) mass is 506 g/mol. The van der Waals surface area contributed by atoms with Crippen molar-refractivity contribution in [2.45, 2.75) is 12.5 Å². The van der Waals surface area contributed by atoms with Crippen molar-refractivity contribution in [2.24, 2.45) is 4.99 Å². The summed E-state index contributed by atoms with van der Waals surface area (Å²) in [5, 5.41) is 6.89. The zero-order valence-corrected chi connectivity index (χ0v) is 19.5. The van der Waals surface area contributed by atoms with Gasteiger partial charge in [0.05, 0.1) is 14.2 Å². The van der Waals surface area contributed by atoms with Crippen LogP contribution in [0.1, 0.15) is 6.42 Å². The highest BCUT2D eigenvalue weighted by molar-refractivity contribution is 14.0. The molecular formula is C19H31IN4O2S. The summed E-state index contributed by atoms with van der Waals surface area (Å²) in [5.74, 6) is 4.50. The second-order valence-corrected chi connectivity index (χ2v) is 7.16. The van der Waals surface area contributed by atoms with E-state index in [4.69, 9.17) is 9.47 Å². The molecule has 1 aliphatic rings. The average molecular weight is 506 g/mol. The van der Waals surface area contributed by atoms with Crippen molar-refractivity contribution in [2.75, 3.05) is 57.3 Å². The number of guanidine groups is 1. The lowest BCUT2D eigenvalue weighted by molar-refractivity contribution is 0.394. The van der Waals surface area contributed by atoms with Crippen LogP contribution in [0.3, 0.4) is 0 Å². The van der Waals surface area contributed by atoms with Gasteiger partial charge in [0.2, 0.25) is 0 Å². The predicted molar refractivity (Wildman–Crippen MR) is 128 cm³/mol. The Morgan fingerprint density at radius 2 is 2.04 bits per heavy atom. The van der Waals surface area contributed by atoms with Crippen molar-refractivity contribution in [1.82, 2.24) is 10.6 Å². The molecule has 2 N–H and O–H groups in total. The number of aliphatic imine (C=N–C) groups is 1. The number of thioether (sulfide) groups is 1. The third kappa shape index (κ3) is 7.69. The van der Waals surface area contributed by atoms with Crippen molar-refractivity contribution < 1.29 is 9.47 Å². The summed E-state index contributed by atoms with van der Waals surface area (Å²) in [6.45, 7) is 6.53. The summed E-state index contributed by atoms with van der Waals surface area (Å²) in [7, 11) is 5.16. The van der Waals surface area contributed by atoms with Gasteiger partial charge < -0.3 is 25.0 Å². The fraction of sp³-hybridized carbons (Fsp3) is 0.526. The van der Waals surface area contributed by atoms with E-state index in [0.29, 0.717) is 6.04 Å². The van der Waals surface area contributed by atoms with Crippen molar-refractivity contribution in [3.63, 3.8) is 0 Å². The van der Waals surface area contributed by atoms with Crippen LogP contribution in [-0.4, -0.2) is 64.4 Å². The fourth-order valence-corrected chi connectivity index (χ4v) is 3.46. The number of hydrogen-bond acceptors (Lipinski definition) is 5. The number of nitrogens with one attached hydrogen (secondary N) is 2. The van der Waals surface area contributed by atoms with Crippen LogP contribution in [0.5, 0.6) is 11.5 Å². The van der Waals surface area contributed by atoms with Crippen molar-refractivity contribution in [3.8, 4) is 11.5 Å². The highest BCUT2D eigenvalue weighted by atomic mass is 127. The van der Waals surface area contributed by atoms with E-state index in [1.807, 2.05) is 31.0 Å². The largest absolute Gasteiger partial charge is 0.497 e. The number of benzene rings is 1. The molecule has 1 aromatic rings. The lowest BCUT2D eigenvalue weighted by Gasteiger charge is -2.21. The summed E-state index contributed by atoms with van der Waals surface area (Å²) in [5.41, 5.74) is 1.12. The first-order chi connectivity index (χ1) is 12.7. The van der Waals surface area contributed by atoms with E-state index >= 15 is 0 Å².